The first kappa shape index (κ1) is 20.2. The summed E-state index contributed by atoms with van der Waals surface area (Å²) in [5.41, 5.74) is 2.41. The molecule has 8 nitrogen and oxygen atoms in total. The van der Waals surface area contributed by atoms with E-state index in [9.17, 15) is 4.79 Å². The largest absolute Gasteiger partial charge is 0.454 e. The van der Waals surface area contributed by atoms with Gasteiger partial charge in [-0.2, -0.15) is 0 Å². The van der Waals surface area contributed by atoms with Crippen molar-refractivity contribution in [1.29, 1.82) is 0 Å². The molecule has 31 heavy (non-hydrogen) atoms. The Labute approximate surface area is 180 Å². The van der Waals surface area contributed by atoms with E-state index in [2.05, 4.69) is 20.6 Å². The van der Waals surface area contributed by atoms with Crippen LogP contribution < -0.4 is 25.0 Å². The Bertz CT molecular complexity index is 1130. The number of carbonyl (C=O) groups excluding carboxylic acids is 1. The van der Waals surface area contributed by atoms with Gasteiger partial charge in [0.25, 0.3) is 0 Å². The predicted octanol–water partition coefficient (Wildman–Crippen LogP) is 3.98. The lowest BCUT2D eigenvalue weighted by Crippen LogP contribution is -2.12. The van der Waals surface area contributed by atoms with E-state index in [0.29, 0.717) is 28.8 Å². The lowest BCUT2D eigenvalue weighted by molar-refractivity contribution is -0.111. The minimum Gasteiger partial charge on any atom is -0.454 e. The van der Waals surface area contributed by atoms with Crippen LogP contribution >= 0.6 is 0 Å². The van der Waals surface area contributed by atoms with Crippen molar-refractivity contribution in [2.45, 2.75) is 6.92 Å². The van der Waals surface area contributed by atoms with Crippen molar-refractivity contribution in [3.8, 4) is 11.5 Å². The monoisotopic (exact) mass is 417 g/mol. The number of hydrogen-bond acceptors (Lipinski definition) is 7. The van der Waals surface area contributed by atoms with E-state index in [-0.39, 0.29) is 12.7 Å². The molecule has 0 saturated heterocycles. The topological polar surface area (TPSA) is 88.6 Å². The maximum Gasteiger partial charge on any atom is 0.248 e. The highest BCUT2D eigenvalue weighted by atomic mass is 16.7. The highest BCUT2D eigenvalue weighted by Crippen LogP contribution is 2.32. The standard InChI is InChI=1S/C23H23N5O3/c1-15-24-21(13-22(25-15)28(2)3)26-17-6-8-18(9-7-17)27-23(29)11-5-16-4-10-19-20(12-16)31-14-30-19/h4-13H,14H2,1-3H3,(H,27,29)(H,24,25,26)/b11-5+. The fraction of sp³-hybridized carbons (Fsp3) is 0.174. The molecule has 2 heterocycles. The number of aryl methyl sites for hydroxylation is 1. The van der Waals surface area contributed by atoms with Crippen molar-refractivity contribution in [3.05, 3.63) is 66.0 Å². The Morgan fingerprint density at radius 3 is 2.52 bits per heavy atom. The molecule has 1 aromatic heterocycles. The summed E-state index contributed by atoms with van der Waals surface area (Å²) in [5.74, 6) is 3.40. The van der Waals surface area contributed by atoms with Gasteiger partial charge in [0.15, 0.2) is 11.5 Å². The molecule has 0 spiro atoms. The molecular weight excluding hydrogens is 394 g/mol. The third-order valence-corrected chi connectivity index (χ3v) is 4.53. The van der Waals surface area contributed by atoms with Crippen molar-refractivity contribution >= 4 is 35.0 Å². The Morgan fingerprint density at radius 2 is 1.74 bits per heavy atom. The normalized spacial score (nSPS) is 12.1. The number of nitrogens with zero attached hydrogens (tertiary/aromatic N) is 3. The van der Waals surface area contributed by atoms with Crippen LogP contribution in [0.2, 0.25) is 0 Å². The third kappa shape index (κ3) is 5.11. The number of anilines is 4. The Hall–Kier alpha value is -4.07. The highest BCUT2D eigenvalue weighted by Gasteiger charge is 2.12. The fourth-order valence-electron chi connectivity index (χ4n) is 3.00. The number of aromatic nitrogens is 2. The molecule has 0 radical (unpaired) electrons. The van der Waals surface area contributed by atoms with Gasteiger partial charge >= 0.3 is 0 Å². The molecule has 2 aromatic carbocycles. The van der Waals surface area contributed by atoms with Gasteiger partial charge in [-0.15, -0.1) is 0 Å². The van der Waals surface area contributed by atoms with Gasteiger partial charge in [-0.05, 0) is 55.0 Å². The van der Waals surface area contributed by atoms with Crippen molar-refractivity contribution in [3.63, 3.8) is 0 Å². The molecule has 1 aliphatic heterocycles. The lowest BCUT2D eigenvalue weighted by Gasteiger charge is -2.14. The average Bonchev–Trinajstić information content (AvgIpc) is 3.21. The van der Waals surface area contributed by atoms with Gasteiger partial charge in [0.05, 0.1) is 0 Å². The molecule has 1 amide bonds. The van der Waals surface area contributed by atoms with E-state index in [0.717, 1.165) is 17.1 Å². The maximum absolute atomic E-state index is 12.2. The molecule has 0 unspecified atom stereocenters. The fourth-order valence-corrected chi connectivity index (χ4v) is 3.00. The second-order valence-corrected chi connectivity index (χ2v) is 7.19. The number of benzene rings is 2. The number of ether oxygens (including phenoxy) is 2. The summed E-state index contributed by atoms with van der Waals surface area (Å²) in [6.07, 6.45) is 3.21. The van der Waals surface area contributed by atoms with Crippen LogP contribution in [0.15, 0.2) is 54.6 Å². The first-order valence-corrected chi connectivity index (χ1v) is 9.75. The van der Waals surface area contributed by atoms with Gasteiger partial charge in [0.1, 0.15) is 17.5 Å². The van der Waals surface area contributed by atoms with Crippen LogP contribution in [-0.2, 0) is 4.79 Å². The van der Waals surface area contributed by atoms with Crippen LogP contribution in [-0.4, -0.2) is 36.8 Å². The maximum atomic E-state index is 12.2. The molecule has 8 heteroatoms. The first-order chi connectivity index (χ1) is 15.0. The number of amides is 1. The lowest BCUT2D eigenvalue weighted by atomic mass is 10.2. The Balaban J connectivity index is 1.36. The summed E-state index contributed by atoms with van der Waals surface area (Å²) >= 11 is 0. The van der Waals surface area contributed by atoms with Gasteiger partial charge in [0.2, 0.25) is 12.7 Å². The van der Waals surface area contributed by atoms with E-state index in [4.69, 9.17) is 9.47 Å². The van der Waals surface area contributed by atoms with Gasteiger partial charge in [-0.1, -0.05) is 6.07 Å². The van der Waals surface area contributed by atoms with Crippen LogP contribution in [0.4, 0.5) is 23.0 Å². The molecule has 0 atom stereocenters. The molecule has 1 aliphatic rings. The summed E-state index contributed by atoms with van der Waals surface area (Å²) in [7, 11) is 3.87. The van der Waals surface area contributed by atoms with Gasteiger partial charge in [-0.25, -0.2) is 9.97 Å². The van der Waals surface area contributed by atoms with Crippen LogP contribution in [0.1, 0.15) is 11.4 Å². The zero-order chi connectivity index (χ0) is 21.8. The molecule has 158 valence electrons. The number of hydrogen-bond donors (Lipinski definition) is 2. The van der Waals surface area contributed by atoms with Crippen molar-refractivity contribution in [2.24, 2.45) is 0 Å². The molecule has 0 saturated carbocycles. The summed E-state index contributed by atoms with van der Waals surface area (Å²) in [4.78, 5) is 23.0. The van der Waals surface area contributed by atoms with Crippen LogP contribution in [0.3, 0.4) is 0 Å². The highest BCUT2D eigenvalue weighted by molar-refractivity contribution is 6.02. The van der Waals surface area contributed by atoms with Crippen LogP contribution in [0, 0.1) is 6.92 Å². The minimum absolute atomic E-state index is 0.222. The predicted molar refractivity (Wildman–Crippen MR) is 121 cm³/mol. The second-order valence-electron chi connectivity index (χ2n) is 7.19. The molecular formula is C23H23N5O3. The summed E-state index contributed by atoms with van der Waals surface area (Å²) < 4.78 is 10.6. The number of fused-ring (bicyclic) bond motifs is 1. The first-order valence-electron chi connectivity index (χ1n) is 9.75. The molecule has 2 N–H and O–H groups in total. The van der Waals surface area contributed by atoms with Gasteiger partial charge < -0.3 is 25.0 Å². The summed E-state index contributed by atoms with van der Waals surface area (Å²) in [6, 6.07) is 14.8. The van der Waals surface area contributed by atoms with Gasteiger partial charge in [0, 0.05) is 37.6 Å². The second kappa shape index (κ2) is 8.74. The average molecular weight is 417 g/mol. The Morgan fingerprint density at radius 1 is 1.00 bits per heavy atom. The van der Waals surface area contributed by atoms with Crippen molar-refractivity contribution < 1.29 is 14.3 Å². The number of nitrogens with one attached hydrogen (secondary N) is 2. The zero-order valence-corrected chi connectivity index (χ0v) is 17.5. The molecule has 0 bridgehead atoms. The smallest absolute Gasteiger partial charge is 0.248 e. The van der Waals surface area contributed by atoms with E-state index in [1.807, 2.05) is 74.4 Å². The van der Waals surface area contributed by atoms with E-state index < -0.39 is 0 Å². The quantitative estimate of drug-likeness (QED) is 0.587. The zero-order valence-electron chi connectivity index (χ0n) is 17.5. The SMILES string of the molecule is Cc1nc(Nc2ccc(NC(=O)/C=C/c3ccc4c(c3)OCO4)cc2)cc(N(C)C)n1. The summed E-state index contributed by atoms with van der Waals surface area (Å²) in [6.45, 7) is 2.08. The van der Waals surface area contributed by atoms with Crippen molar-refractivity contribution in [1.82, 2.24) is 9.97 Å². The van der Waals surface area contributed by atoms with E-state index >= 15 is 0 Å². The van der Waals surface area contributed by atoms with E-state index in [1.54, 1.807) is 6.08 Å². The molecule has 0 fully saturated rings. The minimum atomic E-state index is -0.222. The number of carbonyl (C=O) groups is 1. The van der Waals surface area contributed by atoms with E-state index in [1.165, 1.54) is 6.08 Å². The van der Waals surface area contributed by atoms with Crippen molar-refractivity contribution in [2.75, 3.05) is 36.4 Å². The van der Waals surface area contributed by atoms with Crippen LogP contribution in [0.25, 0.3) is 6.08 Å². The summed E-state index contributed by atoms with van der Waals surface area (Å²) in [5, 5.41) is 6.11. The van der Waals surface area contributed by atoms with Crippen LogP contribution in [0.5, 0.6) is 11.5 Å². The number of rotatable bonds is 6. The molecule has 4 rings (SSSR count). The molecule has 3 aromatic rings. The Kier molecular flexibility index (Phi) is 5.70. The molecule has 0 aliphatic carbocycles. The third-order valence-electron chi connectivity index (χ3n) is 4.53. The van der Waals surface area contributed by atoms with Gasteiger partial charge in [-0.3, -0.25) is 4.79 Å².